The highest BCUT2D eigenvalue weighted by molar-refractivity contribution is 7.31. The van der Waals surface area contributed by atoms with Crippen LogP contribution in [0.25, 0.3) is 43.5 Å². The Kier molecular flexibility index (Phi) is 4.11. The van der Waals surface area contributed by atoms with Gasteiger partial charge in [-0.05, 0) is 46.5 Å². The lowest BCUT2D eigenvalue weighted by Crippen LogP contribution is -2.08. The van der Waals surface area contributed by atoms with Gasteiger partial charge in [-0.3, -0.25) is 4.52 Å². The highest BCUT2D eigenvalue weighted by Gasteiger charge is 2.20. The second-order valence-electron chi connectivity index (χ2n) is 7.74. The molecule has 0 aliphatic heterocycles. The van der Waals surface area contributed by atoms with Crippen molar-refractivity contribution in [3.8, 4) is 0 Å². The van der Waals surface area contributed by atoms with E-state index in [1.807, 2.05) is 0 Å². The van der Waals surface area contributed by atoms with Crippen LogP contribution in [0.1, 0.15) is 25.7 Å². The zero-order chi connectivity index (χ0) is 19.2. The van der Waals surface area contributed by atoms with Gasteiger partial charge >= 0.3 is 8.24 Å². The molecule has 1 saturated carbocycles. The summed E-state index contributed by atoms with van der Waals surface area (Å²) in [5, 5.41) is 6.91. The molecule has 1 aromatic heterocycles. The normalized spacial score (nSPS) is 15.0. The van der Waals surface area contributed by atoms with Gasteiger partial charge in [0.25, 0.3) is 0 Å². The molecule has 0 bridgehead atoms. The van der Waals surface area contributed by atoms with Gasteiger partial charge in [0.15, 0.2) is 0 Å². The predicted molar refractivity (Wildman–Crippen MR) is 120 cm³/mol. The maximum Gasteiger partial charge on any atom is 0.387 e. The summed E-state index contributed by atoms with van der Waals surface area (Å²) in [6.45, 7) is 0. The highest BCUT2D eigenvalue weighted by atomic mass is 31.1. The molecule has 6 rings (SSSR count). The number of hydrogen-bond acceptors (Lipinski definition) is 3. The number of fused-ring (bicyclic) bond motifs is 7. The van der Waals surface area contributed by atoms with Crippen LogP contribution in [0.5, 0.6) is 0 Å². The molecule has 0 unspecified atom stereocenters. The smallest absolute Gasteiger partial charge is 0.387 e. The monoisotopic (exact) mass is 400 g/mol. The van der Waals surface area contributed by atoms with E-state index in [1.165, 1.54) is 34.4 Å². The molecule has 0 N–H and O–H groups in total. The lowest BCUT2D eigenvalue weighted by molar-refractivity contribution is 0.265. The Labute approximate surface area is 169 Å². The quantitative estimate of drug-likeness (QED) is 0.301. The van der Waals surface area contributed by atoms with Gasteiger partial charge in [-0.15, -0.1) is 0 Å². The molecule has 1 heterocycles. The maximum absolute atomic E-state index is 6.38. The van der Waals surface area contributed by atoms with E-state index in [-0.39, 0.29) is 6.10 Å². The fraction of sp³-hybridized carbons (Fsp3) is 0.200. The van der Waals surface area contributed by atoms with E-state index in [0.717, 1.165) is 34.8 Å². The summed E-state index contributed by atoms with van der Waals surface area (Å²) in [4.78, 5) is 0. The average Bonchev–Trinajstić information content (AvgIpc) is 3.20. The number of hydrogen-bond donors (Lipinski definition) is 0. The third-order valence-electron chi connectivity index (χ3n) is 5.91. The summed E-state index contributed by atoms with van der Waals surface area (Å²) < 4.78 is 19.0. The van der Waals surface area contributed by atoms with Crippen molar-refractivity contribution in [1.82, 2.24) is 0 Å². The third-order valence-corrected chi connectivity index (χ3v) is 7.08. The Morgan fingerprint density at radius 2 is 1.17 bits per heavy atom. The predicted octanol–water partition coefficient (Wildman–Crippen LogP) is 7.97. The van der Waals surface area contributed by atoms with Crippen LogP contribution in [-0.4, -0.2) is 6.10 Å². The van der Waals surface area contributed by atoms with Gasteiger partial charge in [0.05, 0.1) is 6.10 Å². The average molecular weight is 400 g/mol. The van der Waals surface area contributed by atoms with Crippen molar-refractivity contribution in [1.29, 1.82) is 0 Å². The van der Waals surface area contributed by atoms with E-state index < -0.39 is 8.24 Å². The van der Waals surface area contributed by atoms with Crippen molar-refractivity contribution < 1.29 is 12.9 Å². The topological polar surface area (TPSA) is 35.5 Å². The largest absolute Gasteiger partial charge is 0.399 e. The summed E-state index contributed by atoms with van der Waals surface area (Å²) in [5.74, 6) is 0. The van der Waals surface area contributed by atoms with Gasteiger partial charge in [0.2, 0.25) is 0 Å². The van der Waals surface area contributed by atoms with E-state index in [0.29, 0.717) is 0 Å². The molecule has 0 spiro atoms. The van der Waals surface area contributed by atoms with Crippen LogP contribution < -0.4 is 4.52 Å². The van der Waals surface area contributed by atoms with Gasteiger partial charge in [-0.25, -0.2) is 0 Å². The Balaban J connectivity index is 1.79. The number of benzene rings is 4. The Morgan fingerprint density at radius 1 is 0.655 bits per heavy atom. The minimum absolute atomic E-state index is 0.229. The first-order valence-corrected chi connectivity index (χ1v) is 11.3. The molecule has 144 valence electrons. The Morgan fingerprint density at radius 3 is 1.72 bits per heavy atom. The molecule has 1 aliphatic rings. The van der Waals surface area contributed by atoms with Crippen LogP contribution in [-0.2, 0) is 0 Å². The molecular weight excluding hydrogens is 379 g/mol. The van der Waals surface area contributed by atoms with E-state index >= 15 is 0 Å². The summed E-state index contributed by atoms with van der Waals surface area (Å²) in [5.41, 5.74) is 1.67. The maximum atomic E-state index is 6.38. The third kappa shape index (κ3) is 2.93. The second kappa shape index (κ2) is 6.95. The lowest BCUT2D eigenvalue weighted by atomic mass is 9.99. The van der Waals surface area contributed by atoms with Gasteiger partial charge in [-0.1, -0.05) is 73.5 Å². The summed E-state index contributed by atoms with van der Waals surface area (Å²) in [6, 6.07) is 25.3. The first kappa shape index (κ1) is 17.1. The fourth-order valence-electron chi connectivity index (χ4n) is 4.51. The van der Waals surface area contributed by atoms with Crippen molar-refractivity contribution in [3.05, 3.63) is 72.8 Å². The summed E-state index contributed by atoms with van der Waals surface area (Å²) in [6.07, 6.45) is 4.83. The molecule has 1 fully saturated rings. The van der Waals surface area contributed by atoms with Crippen LogP contribution in [0, 0.1) is 0 Å². The molecule has 3 nitrogen and oxygen atoms in total. The van der Waals surface area contributed by atoms with Crippen molar-refractivity contribution in [2.45, 2.75) is 31.8 Å². The minimum atomic E-state index is -1.49. The van der Waals surface area contributed by atoms with Crippen LogP contribution in [0.4, 0.5) is 0 Å². The van der Waals surface area contributed by atoms with Gasteiger partial charge in [-0.2, -0.15) is 0 Å². The summed E-state index contributed by atoms with van der Waals surface area (Å²) >= 11 is 0. The molecular formula is C25H21O3P. The first-order valence-electron chi connectivity index (χ1n) is 10.2. The minimum Gasteiger partial charge on any atom is -0.399 e. The van der Waals surface area contributed by atoms with Gasteiger partial charge in [0, 0.05) is 10.8 Å². The van der Waals surface area contributed by atoms with Crippen LogP contribution >= 0.6 is 8.24 Å². The zero-order valence-electron chi connectivity index (χ0n) is 16.0. The Hall–Kier alpha value is -2.74. The van der Waals surface area contributed by atoms with Crippen LogP contribution in [0.3, 0.4) is 0 Å². The molecule has 0 radical (unpaired) electrons. The van der Waals surface area contributed by atoms with Gasteiger partial charge < -0.3 is 8.39 Å². The lowest BCUT2D eigenvalue weighted by Gasteiger charge is -2.06. The molecule has 0 amide bonds. The van der Waals surface area contributed by atoms with Crippen LogP contribution in [0.15, 0.2) is 81.2 Å². The van der Waals surface area contributed by atoms with Crippen molar-refractivity contribution >= 4 is 51.7 Å². The van der Waals surface area contributed by atoms with E-state index in [1.54, 1.807) is 0 Å². The first-order chi connectivity index (χ1) is 14.4. The molecule has 1 aliphatic carbocycles. The molecule has 5 aromatic rings. The zero-order valence-corrected chi connectivity index (χ0v) is 16.9. The van der Waals surface area contributed by atoms with E-state index in [9.17, 15) is 0 Å². The second-order valence-corrected chi connectivity index (χ2v) is 8.76. The molecule has 29 heavy (non-hydrogen) atoms. The molecule has 4 heteroatoms. The van der Waals surface area contributed by atoms with Crippen molar-refractivity contribution in [2.24, 2.45) is 0 Å². The number of rotatable bonds is 2. The fourth-order valence-corrected chi connectivity index (χ4v) is 5.71. The SMILES string of the molecule is c1ccc2c(c1)ccc1op(OC3CCCC3)oc3ccc4ccccc4c3c12. The van der Waals surface area contributed by atoms with Crippen LogP contribution in [0.2, 0.25) is 0 Å². The molecule has 0 atom stereocenters. The summed E-state index contributed by atoms with van der Waals surface area (Å²) in [7, 11) is -1.49. The molecule has 4 aromatic carbocycles. The van der Waals surface area contributed by atoms with E-state index in [2.05, 4.69) is 72.8 Å². The Bertz CT molecular complexity index is 1300. The highest BCUT2D eigenvalue weighted by Crippen LogP contribution is 2.41. The van der Waals surface area contributed by atoms with Crippen molar-refractivity contribution in [3.63, 3.8) is 0 Å². The van der Waals surface area contributed by atoms with Crippen molar-refractivity contribution in [2.75, 3.05) is 0 Å². The van der Waals surface area contributed by atoms with Gasteiger partial charge in [0.1, 0.15) is 11.2 Å². The standard InChI is InChI=1S/C25H21O3P/c1-5-11-20-17(7-1)13-15-22-24(20)25-21-12-6-2-8-18(21)14-16-23(25)28-29(27-22)26-19-9-3-4-10-19/h1-2,5-8,11-16,19H,3-4,9-10H2. The van der Waals surface area contributed by atoms with E-state index in [4.69, 9.17) is 12.9 Å². The molecule has 0 saturated heterocycles.